The molecule has 1 amide bonds. The minimum Gasteiger partial charge on any atom is -0.457 e. The monoisotopic (exact) mass is 487 g/mol. The molecule has 0 radical (unpaired) electrons. The minimum atomic E-state index is -0.279. The van der Waals surface area contributed by atoms with Crippen LogP contribution in [0.25, 0.3) is 0 Å². The number of fused-ring (bicyclic) bond motifs is 1. The Morgan fingerprint density at radius 2 is 1.64 bits per heavy atom. The highest BCUT2D eigenvalue weighted by atomic mass is 127. The van der Waals surface area contributed by atoms with Crippen LogP contribution in [0.15, 0.2) is 66.7 Å². The van der Waals surface area contributed by atoms with Crippen LogP contribution in [0.1, 0.15) is 40.4 Å². The fraction of sp³-hybridized carbons (Fsp3) is 0.174. The molecule has 0 saturated heterocycles. The number of benzene rings is 3. The predicted octanol–water partition coefficient (Wildman–Crippen LogP) is 6.03. The molecule has 1 heterocycles. The van der Waals surface area contributed by atoms with Gasteiger partial charge < -0.3 is 10.1 Å². The molecule has 1 aliphatic heterocycles. The van der Waals surface area contributed by atoms with Crippen LogP contribution < -0.4 is 10.1 Å². The maximum absolute atomic E-state index is 13.0. The summed E-state index contributed by atoms with van der Waals surface area (Å²) >= 11 is 2.22. The SMILES string of the molecule is O=C1NC(CCCc2ccc(Oc3ccc(F)cc3)cc2)c2cccc(I)c21. The molecule has 28 heavy (non-hydrogen) atoms. The summed E-state index contributed by atoms with van der Waals surface area (Å²) < 4.78 is 19.7. The van der Waals surface area contributed by atoms with E-state index in [-0.39, 0.29) is 17.8 Å². The Morgan fingerprint density at radius 3 is 2.36 bits per heavy atom. The summed E-state index contributed by atoms with van der Waals surface area (Å²) in [5, 5.41) is 3.10. The van der Waals surface area contributed by atoms with E-state index in [0.717, 1.165) is 39.7 Å². The van der Waals surface area contributed by atoms with Crippen LogP contribution in [0.2, 0.25) is 0 Å². The van der Waals surface area contributed by atoms with E-state index in [4.69, 9.17) is 4.74 Å². The second-order valence-corrected chi connectivity index (χ2v) is 7.98. The number of halogens is 2. The zero-order valence-corrected chi connectivity index (χ0v) is 17.3. The van der Waals surface area contributed by atoms with Crippen molar-refractivity contribution < 1.29 is 13.9 Å². The zero-order chi connectivity index (χ0) is 19.5. The molecule has 4 rings (SSSR count). The zero-order valence-electron chi connectivity index (χ0n) is 15.1. The van der Waals surface area contributed by atoms with Gasteiger partial charge in [0.15, 0.2) is 0 Å². The molecule has 3 aromatic carbocycles. The first kappa shape index (κ1) is 18.9. The Morgan fingerprint density at radius 1 is 0.964 bits per heavy atom. The first-order chi connectivity index (χ1) is 13.6. The van der Waals surface area contributed by atoms with Gasteiger partial charge >= 0.3 is 0 Å². The first-order valence-electron chi connectivity index (χ1n) is 9.22. The van der Waals surface area contributed by atoms with Crippen molar-refractivity contribution in [2.45, 2.75) is 25.3 Å². The number of rotatable bonds is 6. The molecule has 1 N–H and O–H groups in total. The Labute approximate surface area is 177 Å². The van der Waals surface area contributed by atoms with Gasteiger partial charge in [-0.2, -0.15) is 0 Å². The van der Waals surface area contributed by atoms with E-state index >= 15 is 0 Å². The highest BCUT2D eigenvalue weighted by Gasteiger charge is 2.29. The van der Waals surface area contributed by atoms with E-state index < -0.39 is 0 Å². The van der Waals surface area contributed by atoms with Crippen molar-refractivity contribution in [2.24, 2.45) is 0 Å². The number of carbonyl (C=O) groups is 1. The molecule has 0 saturated carbocycles. The third-order valence-electron chi connectivity index (χ3n) is 4.88. The van der Waals surface area contributed by atoms with E-state index in [1.165, 1.54) is 17.7 Å². The summed E-state index contributed by atoms with van der Waals surface area (Å²) in [6.07, 6.45) is 2.82. The van der Waals surface area contributed by atoms with Gasteiger partial charge in [0.25, 0.3) is 5.91 Å². The van der Waals surface area contributed by atoms with Gasteiger partial charge in [-0.1, -0.05) is 24.3 Å². The van der Waals surface area contributed by atoms with Crippen molar-refractivity contribution in [3.63, 3.8) is 0 Å². The van der Waals surface area contributed by atoms with Crippen molar-refractivity contribution >= 4 is 28.5 Å². The molecule has 0 spiro atoms. The lowest BCUT2D eigenvalue weighted by molar-refractivity contribution is 0.0954. The lowest BCUT2D eigenvalue weighted by Crippen LogP contribution is -2.19. The summed E-state index contributed by atoms with van der Waals surface area (Å²) in [5.74, 6) is 1.09. The fourth-order valence-corrected chi connectivity index (χ4v) is 4.24. The minimum absolute atomic E-state index is 0.0345. The van der Waals surface area contributed by atoms with Crippen molar-refractivity contribution in [1.29, 1.82) is 0 Å². The number of aryl methyl sites for hydroxylation is 1. The highest BCUT2D eigenvalue weighted by molar-refractivity contribution is 14.1. The third kappa shape index (κ3) is 4.19. The summed E-state index contributed by atoms with van der Waals surface area (Å²) in [7, 11) is 0. The van der Waals surface area contributed by atoms with Crippen molar-refractivity contribution in [1.82, 2.24) is 5.32 Å². The Kier molecular flexibility index (Phi) is 5.62. The average Bonchev–Trinajstić information content (AvgIpc) is 3.02. The molecule has 3 nitrogen and oxygen atoms in total. The maximum Gasteiger partial charge on any atom is 0.253 e. The average molecular weight is 487 g/mol. The summed E-state index contributed by atoms with van der Waals surface area (Å²) in [5.41, 5.74) is 3.16. The number of nitrogens with one attached hydrogen (secondary N) is 1. The van der Waals surface area contributed by atoms with Crippen LogP contribution in [0, 0.1) is 9.39 Å². The first-order valence-corrected chi connectivity index (χ1v) is 10.3. The van der Waals surface area contributed by atoms with Gasteiger partial charge in [-0.05, 0) is 95.4 Å². The second kappa shape index (κ2) is 8.31. The number of amides is 1. The Balaban J connectivity index is 1.32. The van der Waals surface area contributed by atoms with E-state index in [0.29, 0.717) is 5.75 Å². The predicted molar refractivity (Wildman–Crippen MR) is 115 cm³/mol. The van der Waals surface area contributed by atoms with Gasteiger partial charge in [0.2, 0.25) is 0 Å². The third-order valence-corrected chi connectivity index (χ3v) is 5.78. The smallest absolute Gasteiger partial charge is 0.253 e. The molecule has 3 aromatic rings. The topological polar surface area (TPSA) is 38.3 Å². The lowest BCUT2D eigenvalue weighted by Gasteiger charge is -2.12. The van der Waals surface area contributed by atoms with Gasteiger partial charge in [0, 0.05) is 3.57 Å². The van der Waals surface area contributed by atoms with E-state index in [2.05, 4.69) is 27.9 Å². The number of ether oxygens (including phenoxy) is 1. The second-order valence-electron chi connectivity index (χ2n) is 6.82. The van der Waals surface area contributed by atoms with E-state index in [1.807, 2.05) is 42.5 Å². The molecular weight excluding hydrogens is 468 g/mol. The standard InChI is InChI=1S/C23H19FINO2/c24-16-9-13-18(14-10-16)28-17-11-7-15(8-12-17)3-1-6-21-19-4-2-5-20(25)22(19)23(27)26-21/h2,4-5,7-14,21H,1,3,6H2,(H,26,27). The largest absolute Gasteiger partial charge is 0.457 e. The van der Waals surface area contributed by atoms with Crippen LogP contribution in [-0.2, 0) is 6.42 Å². The van der Waals surface area contributed by atoms with Gasteiger partial charge in [-0.25, -0.2) is 4.39 Å². The van der Waals surface area contributed by atoms with Crippen LogP contribution in [0.5, 0.6) is 11.5 Å². The van der Waals surface area contributed by atoms with Gasteiger partial charge in [0.05, 0.1) is 11.6 Å². The quantitative estimate of drug-likeness (QED) is 0.432. The van der Waals surface area contributed by atoms with Gasteiger partial charge in [-0.3, -0.25) is 4.79 Å². The maximum atomic E-state index is 13.0. The number of hydrogen-bond donors (Lipinski definition) is 1. The van der Waals surface area contributed by atoms with Crippen molar-refractivity contribution in [3.05, 3.63) is 92.8 Å². The van der Waals surface area contributed by atoms with E-state index in [9.17, 15) is 9.18 Å². The van der Waals surface area contributed by atoms with E-state index in [1.54, 1.807) is 12.1 Å². The molecule has 1 unspecified atom stereocenters. The molecule has 5 heteroatoms. The van der Waals surface area contributed by atoms with Crippen molar-refractivity contribution in [2.75, 3.05) is 0 Å². The Bertz CT molecular complexity index is 986. The molecular formula is C23H19FINO2. The Hall–Kier alpha value is -2.41. The summed E-state index contributed by atoms with van der Waals surface area (Å²) in [4.78, 5) is 12.2. The fourth-order valence-electron chi connectivity index (χ4n) is 3.48. The van der Waals surface area contributed by atoms with Crippen LogP contribution in [0.4, 0.5) is 4.39 Å². The number of hydrogen-bond acceptors (Lipinski definition) is 2. The summed E-state index contributed by atoms with van der Waals surface area (Å²) in [6, 6.07) is 20.0. The molecule has 1 aliphatic rings. The molecule has 0 aromatic heterocycles. The molecule has 1 atom stereocenters. The molecule has 142 valence electrons. The normalized spacial score (nSPS) is 15.2. The number of carbonyl (C=O) groups excluding carboxylic acids is 1. The van der Waals surface area contributed by atoms with Crippen LogP contribution in [0.3, 0.4) is 0 Å². The summed E-state index contributed by atoms with van der Waals surface area (Å²) in [6.45, 7) is 0. The van der Waals surface area contributed by atoms with Crippen LogP contribution >= 0.6 is 22.6 Å². The van der Waals surface area contributed by atoms with Gasteiger partial charge in [0.1, 0.15) is 17.3 Å². The molecule has 0 aliphatic carbocycles. The molecule has 0 bridgehead atoms. The highest BCUT2D eigenvalue weighted by Crippen LogP contribution is 2.32. The van der Waals surface area contributed by atoms with Crippen molar-refractivity contribution in [3.8, 4) is 11.5 Å². The van der Waals surface area contributed by atoms with Crippen LogP contribution in [-0.4, -0.2) is 5.91 Å². The lowest BCUT2D eigenvalue weighted by atomic mass is 9.99. The van der Waals surface area contributed by atoms with Gasteiger partial charge in [-0.15, -0.1) is 0 Å². The molecule has 0 fully saturated rings.